The Bertz CT molecular complexity index is 1200. The average molecular weight is 534 g/mol. The van der Waals surface area contributed by atoms with Gasteiger partial charge in [-0.15, -0.1) is 0 Å². The van der Waals surface area contributed by atoms with E-state index < -0.39 is 16.1 Å². The minimum atomic E-state index is -3.62. The first-order chi connectivity index (χ1) is 17.6. The maximum Gasteiger partial charge on any atom is 0.242 e. The highest BCUT2D eigenvalue weighted by atomic mass is 32.2. The summed E-state index contributed by atoms with van der Waals surface area (Å²) in [6.07, 6.45) is 1.44. The van der Waals surface area contributed by atoms with Crippen molar-refractivity contribution in [1.29, 1.82) is 0 Å². The molecule has 1 heterocycles. The number of nitrogens with zero attached hydrogens (tertiary/aromatic N) is 2. The number of carbonyl (C=O) groups excluding carboxylic acids is 2. The minimum absolute atomic E-state index is 0.0598. The summed E-state index contributed by atoms with van der Waals surface area (Å²) in [7, 11) is -2.06. The first-order valence-electron chi connectivity index (χ1n) is 12.2. The standard InChI is InChI=1S/C26H35N3O7S/c1-5-27-26(31)19(2)28(18-20-8-6-9-22(16-20)34-3)25(30)10-7-13-29(37(4,32)33)21-11-12-23-24(17-21)36-15-14-35-23/h6,8-9,11-12,16-17,19H,5,7,10,13-15,18H2,1-4H3,(H,27,31)/t19-/m0/s1. The van der Waals surface area contributed by atoms with Gasteiger partial charge in [-0.25, -0.2) is 8.42 Å². The van der Waals surface area contributed by atoms with E-state index in [4.69, 9.17) is 14.2 Å². The van der Waals surface area contributed by atoms with E-state index >= 15 is 0 Å². The van der Waals surface area contributed by atoms with E-state index in [1.54, 1.807) is 38.3 Å². The fourth-order valence-electron chi connectivity index (χ4n) is 4.06. The number of sulfonamides is 1. The molecule has 0 spiro atoms. The molecule has 1 aliphatic heterocycles. The van der Waals surface area contributed by atoms with Crippen LogP contribution in [0.3, 0.4) is 0 Å². The molecule has 0 saturated heterocycles. The summed E-state index contributed by atoms with van der Waals surface area (Å²) in [6.45, 7) is 5.07. The molecule has 10 nitrogen and oxygen atoms in total. The van der Waals surface area contributed by atoms with Crippen LogP contribution in [0.25, 0.3) is 0 Å². The number of benzene rings is 2. The molecule has 2 aromatic carbocycles. The highest BCUT2D eigenvalue weighted by molar-refractivity contribution is 7.92. The molecule has 3 rings (SSSR count). The SMILES string of the molecule is CCNC(=O)[C@H](C)N(Cc1cccc(OC)c1)C(=O)CCCN(c1ccc2c(c1)OCCO2)S(C)(=O)=O. The second-order valence-electron chi connectivity index (χ2n) is 8.71. The van der Waals surface area contributed by atoms with Gasteiger partial charge >= 0.3 is 0 Å². The van der Waals surface area contributed by atoms with Crippen LogP contribution < -0.4 is 23.8 Å². The van der Waals surface area contributed by atoms with E-state index in [-0.39, 0.29) is 37.7 Å². The molecular formula is C26H35N3O7S. The fraction of sp³-hybridized carbons (Fsp3) is 0.462. The van der Waals surface area contributed by atoms with Crippen LogP contribution in [0.2, 0.25) is 0 Å². The summed E-state index contributed by atoms with van der Waals surface area (Å²) in [4.78, 5) is 27.4. The first-order valence-corrected chi connectivity index (χ1v) is 14.1. The molecule has 0 fully saturated rings. The topological polar surface area (TPSA) is 114 Å². The summed E-state index contributed by atoms with van der Waals surface area (Å²) in [5.41, 5.74) is 1.25. The number of hydrogen-bond donors (Lipinski definition) is 1. The molecule has 1 atom stereocenters. The summed E-state index contributed by atoms with van der Waals surface area (Å²) in [5.74, 6) is 1.18. The van der Waals surface area contributed by atoms with Crippen molar-refractivity contribution in [2.24, 2.45) is 0 Å². The van der Waals surface area contributed by atoms with E-state index in [1.807, 2.05) is 25.1 Å². The third-order valence-electron chi connectivity index (χ3n) is 5.97. The molecule has 2 aromatic rings. The van der Waals surface area contributed by atoms with Crippen molar-refractivity contribution in [3.8, 4) is 17.2 Å². The molecule has 202 valence electrons. The van der Waals surface area contributed by atoms with Gasteiger partial charge in [0.1, 0.15) is 25.0 Å². The van der Waals surface area contributed by atoms with Crippen molar-refractivity contribution in [2.45, 2.75) is 39.3 Å². The Morgan fingerprint density at radius 1 is 1.11 bits per heavy atom. The van der Waals surface area contributed by atoms with Gasteiger partial charge in [-0.1, -0.05) is 12.1 Å². The van der Waals surface area contributed by atoms with Gasteiger partial charge in [0.2, 0.25) is 21.8 Å². The molecule has 0 radical (unpaired) electrons. The minimum Gasteiger partial charge on any atom is -0.497 e. The van der Waals surface area contributed by atoms with Gasteiger partial charge < -0.3 is 24.4 Å². The maximum absolute atomic E-state index is 13.3. The monoisotopic (exact) mass is 533 g/mol. The molecular weight excluding hydrogens is 498 g/mol. The number of methoxy groups -OCH3 is 1. The molecule has 2 amide bonds. The van der Waals surface area contributed by atoms with Crippen molar-refractivity contribution >= 4 is 27.5 Å². The smallest absolute Gasteiger partial charge is 0.242 e. The zero-order chi connectivity index (χ0) is 27.0. The molecule has 11 heteroatoms. The van der Waals surface area contributed by atoms with Crippen LogP contribution in [0, 0.1) is 0 Å². The number of ether oxygens (including phenoxy) is 3. The second-order valence-corrected chi connectivity index (χ2v) is 10.6. The summed E-state index contributed by atoms with van der Waals surface area (Å²) < 4.78 is 42.8. The number of likely N-dealkylation sites (N-methyl/N-ethyl adjacent to an activating group) is 1. The fourth-order valence-corrected chi connectivity index (χ4v) is 5.02. The average Bonchev–Trinajstić information content (AvgIpc) is 2.88. The Morgan fingerprint density at radius 2 is 1.84 bits per heavy atom. The lowest BCUT2D eigenvalue weighted by molar-refractivity contribution is -0.140. The largest absolute Gasteiger partial charge is 0.497 e. The third kappa shape index (κ3) is 7.51. The van der Waals surface area contributed by atoms with Gasteiger partial charge in [0, 0.05) is 32.1 Å². The Labute approximate surface area is 218 Å². The highest BCUT2D eigenvalue weighted by Crippen LogP contribution is 2.34. The molecule has 0 bridgehead atoms. The van der Waals surface area contributed by atoms with Crippen molar-refractivity contribution in [2.75, 3.05) is 44.0 Å². The van der Waals surface area contributed by atoms with Crippen LogP contribution in [0.1, 0.15) is 32.3 Å². The third-order valence-corrected chi connectivity index (χ3v) is 7.17. The van der Waals surface area contributed by atoms with E-state index in [9.17, 15) is 18.0 Å². The molecule has 0 unspecified atom stereocenters. The maximum atomic E-state index is 13.3. The number of anilines is 1. The van der Waals surface area contributed by atoms with Crippen LogP contribution >= 0.6 is 0 Å². The lowest BCUT2D eigenvalue weighted by atomic mass is 10.1. The molecule has 0 saturated carbocycles. The highest BCUT2D eigenvalue weighted by Gasteiger charge is 2.27. The zero-order valence-electron chi connectivity index (χ0n) is 21.7. The van der Waals surface area contributed by atoms with E-state index in [0.717, 1.165) is 11.8 Å². The van der Waals surface area contributed by atoms with Crippen molar-refractivity contribution < 1.29 is 32.2 Å². The van der Waals surface area contributed by atoms with Crippen molar-refractivity contribution in [3.05, 3.63) is 48.0 Å². The Morgan fingerprint density at radius 3 is 2.51 bits per heavy atom. The van der Waals surface area contributed by atoms with E-state index in [2.05, 4.69) is 5.32 Å². The zero-order valence-corrected chi connectivity index (χ0v) is 22.5. The number of rotatable bonds is 12. The number of amides is 2. The Hall–Kier alpha value is -3.47. The van der Waals surface area contributed by atoms with Crippen molar-refractivity contribution in [1.82, 2.24) is 10.2 Å². The van der Waals surface area contributed by atoms with Gasteiger partial charge in [0.25, 0.3) is 0 Å². The summed E-state index contributed by atoms with van der Waals surface area (Å²) >= 11 is 0. The van der Waals surface area contributed by atoms with Crippen LogP contribution in [0.15, 0.2) is 42.5 Å². The first kappa shape index (κ1) is 28.1. The number of fused-ring (bicyclic) bond motifs is 1. The lowest BCUT2D eigenvalue weighted by Gasteiger charge is -2.29. The summed E-state index contributed by atoms with van der Waals surface area (Å²) in [5, 5.41) is 2.76. The number of nitrogens with one attached hydrogen (secondary N) is 1. The Kier molecular flexibility index (Phi) is 9.62. The normalized spacial score (nSPS) is 13.4. The van der Waals surface area contributed by atoms with Gasteiger partial charge in [-0.3, -0.25) is 13.9 Å². The quantitative estimate of drug-likeness (QED) is 0.446. The summed E-state index contributed by atoms with van der Waals surface area (Å²) in [6, 6.07) is 11.6. The van der Waals surface area contributed by atoms with Crippen molar-refractivity contribution in [3.63, 3.8) is 0 Å². The van der Waals surface area contributed by atoms with Gasteiger partial charge in [0.15, 0.2) is 11.5 Å². The van der Waals surface area contributed by atoms with Crippen LogP contribution in [0.4, 0.5) is 5.69 Å². The van der Waals surface area contributed by atoms with Crippen LogP contribution in [0.5, 0.6) is 17.2 Å². The van der Waals surface area contributed by atoms with Crippen LogP contribution in [-0.4, -0.2) is 70.8 Å². The number of carbonyl (C=O) groups is 2. The van der Waals surface area contributed by atoms with E-state index in [1.165, 1.54) is 9.21 Å². The van der Waals surface area contributed by atoms with E-state index in [0.29, 0.717) is 42.7 Å². The molecule has 0 aliphatic carbocycles. The predicted molar refractivity (Wildman–Crippen MR) is 141 cm³/mol. The predicted octanol–water partition coefficient (Wildman–Crippen LogP) is 2.57. The van der Waals surface area contributed by atoms with Gasteiger partial charge in [0.05, 0.1) is 19.1 Å². The lowest BCUT2D eigenvalue weighted by Crippen LogP contribution is -2.47. The Balaban J connectivity index is 1.74. The molecule has 37 heavy (non-hydrogen) atoms. The van der Waals surface area contributed by atoms with Crippen LogP contribution in [-0.2, 0) is 26.2 Å². The molecule has 0 aromatic heterocycles. The van der Waals surface area contributed by atoms with Gasteiger partial charge in [-0.2, -0.15) is 0 Å². The second kappa shape index (κ2) is 12.7. The number of hydrogen-bond acceptors (Lipinski definition) is 7. The molecule has 1 aliphatic rings. The van der Waals surface area contributed by atoms with Gasteiger partial charge in [-0.05, 0) is 50.1 Å². The molecule has 1 N–H and O–H groups in total.